The number of fused-ring (bicyclic) bond motifs is 1. The highest BCUT2D eigenvalue weighted by atomic mass is 19.4. The van der Waals surface area contributed by atoms with Gasteiger partial charge < -0.3 is 14.7 Å². The van der Waals surface area contributed by atoms with Crippen molar-refractivity contribution in [3.05, 3.63) is 70.5 Å². The molecule has 2 unspecified atom stereocenters. The second-order valence-electron chi connectivity index (χ2n) is 8.99. The molecule has 0 radical (unpaired) electrons. The van der Waals surface area contributed by atoms with E-state index in [9.17, 15) is 31.9 Å². The first-order chi connectivity index (χ1) is 15.4. The first-order valence-corrected chi connectivity index (χ1v) is 10.6. The predicted octanol–water partition coefficient (Wildman–Crippen LogP) is 4.91. The lowest BCUT2D eigenvalue weighted by Gasteiger charge is -2.28. The minimum Gasteiger partial charge on any atom is -0.380 e. The highest BCUT2D eigenvalue weighted by molar-refractivity contribution is 5.88. The summed E-state index contributed by atoms with van der Waals surface area (Å²) < 4.78 is 72.7. The summed E-state index contributed by atoms with van der Waals surface area (Å²) in [4.78, 5) is 14.2. The average molecular weight is 469 g/mol. The van der Waals surface area contributed by atoms with E-state index in [2.05, 4.69) is 0 Å². The summed E-state index contributed by atoms with van der Waals surface area (Å²) in [7, 11) is 0. The smallest absolute Gasteiger partial charge is 0.380 e. The number of carbonyl (C=O) groups is 1. The normalized spacial score (nSPS) is 28.3. The van der Waals surface area contributed by atoms with Crippen molar-refractivity contribution in [3.8, 4) is 0 Å². The molecule has 0 saturated carbocycles. The van der Waals surface area contributed by atoms with Gasteiger partial charge in [0.05, 0.1) is 17.8 Å². The van der Waals surface area contributed by atoms with Gasteiger partial charge in [-0.15, -0.1) is 0 Å². The molecule has 4 rings (SSSR count). The minimum atomic E-state index is -4.63. The number of benzene rings is 2. The monoisotopic (exact) mass is 469 g/mol. The van der Waals surface area contributed by atoms with Crippen molar-refractivity contribution in [2.24, 2.45) is 0 Å². The van der Waals surface area contributed by atoms with Gasteiger partial charge in [0.15, 0.2) is 0 Å². The summed E-state index contributed by atoms with van der Waals surface area (Å²) in [5.74, 6) is -1.30. The summed E-state index contributed by atoms with van der Waals surface area (Å²) in [6.07, 6.45) is -5.93. The number of amides is 1. The molecule has 2 aromatic rings. The first kappa shape index (κ1) is 23.6. The Labute approximate surface area is 188 Å². The molecular formula is C24H24F5NO3. The van der Waals surface area contributed by atoms with Gasteiger partial charge in [0, 0.05) is 24.9 Å². The zero-order valence-electron chi connectivity index (χ0n) is 18.1. The molecule has 2 fully saturated rings. The van der Waals surface area contributed by atoms with Gasteiger partial charge >= 0.3 is 6.18 Å². The van der Waals surface area contributed by atoms with Crippen LogP contribution in [0.2, 0.25) is 0 Å². The Hall–Kier alpha value is -2.52. The van der Waals surface area contributed by atoms with E-state index in [4.69, 9.17) is 4.74 Å². The Morgan fingerprint density at radius 2 is 1.88 bits per heavy atom. The Bertz CT molecular complexity index is 1040. The predicted molar refractivity (Wildman–Crippen MR) is 109 cm³/mol. The molecule has 178 valence electrons. The van der Waals surface area contributed by atoms with Gasteiger partial charge in [-0.25, -0.2) is 8.78 Å². The largest absolute Gasteiger partial charge is 0.416 e. The maximum Gasteiger partial charge on any atom is 0.416 e. The van der Waals surface area contributed by atoms with Crippen molar-refractivity contribution in [1.82, 2.24) is 4.90 Å². The van der Waals surface area contributed by atoms with Crippen LogP contribution in [-0.4, -0.2) is 40.2 Å². The lowest BCUT2D eigenvalue weighted by molar-refractivity contribution is -0.142. The van der Waals surface area contributed by atoms with Crippen LogP contribution < -0.4 is 0 Å². The fourth-order valence-electron chi connectivity index (χ4n) is 4.94. The van der Waals surface area contributed by atoms with Crippen LogP contribution in [-0.2, 0) is 22.4 Å². The molecule has 0 bridgehead atoms. The number of hydrogen-bond donors (Lipinski definition) is 1. The van der Waals surface area contributed by atoms with Crippen molar-refractivity contribution < 1.29 is 36.6 Å². The molecular weight excluding hydrogens is 445 g/mol. The quantitative estimate of drug-likeness (QED) is 0.634. The van der Waals surface area contributed by atoms with Crippen molar-refractivity contribution in [3.63, 3.8) is 0 Å². The summed E-state index contributed by atoms with van der Waals surface area (Å²) in [5.41, 5.74) is -1.74. The molecule has 1 N–H and O–H groups in total. The van der Waals surface area contributed by atoms with Gasteiger partial charge in [-0.3, -0.25) is 4.79 Å². The third kappa shape index (κ3) is 4.48. The molecule has 0 spiro atoms. The second kappa shape index (κ2) is 8.36. The molecule has 2 aliphatic heterocycles. The molecule has 9 heteroatoms. The first-order valence-electron chi connectivity index (χ1n) is 10.6. The van der Waals surface area contributed by atoms with E-state index in [1.54, 1.807) is 19.1 Å². The SMILES string of the molecule is C[C@@H](O[C@H]1CN2C(=O)C(C)(O)C[C@H]2C1c1ccc(F)cc1)c1cc(CF)cc(C(F)(F)F)c1. The number of halogens is 5. The van der Waals surface area contributed by atoms with Crippen LogP contribution in [0.1, 0.15) is 54.5 Å². The Morgan fingerprint density at radius 1 is 1.21 bits per heavy atom. The molecule has 5 atom stereocenters. The number of carbonyl (C=O) groups excluding carboxylic acids is 1. The second-order valence-corrected chi connectivity index (χ2v) is 8.99. The molecule has 2 aromatic carbocycles. The molecule has 2 aliphatic rings. The molecule has 0 aliphatic carbocycles. The van der Waals surface area contributed by atoms with Gasteiger partial charge in [0.2, 0.25) is 0 Å². The van der Waals surface area contributed by atoms with Gasteiger partial charge in [-0.1, -0.05) is 18.2 Å². The third-order valence-corrected chi connectivity index (χ3v) is 6.52. The summed E-state index contributed by atoms with van der Waals surface area (Å²) in [6.45, 7) is 2.08. The Morgan fingerprint density at radius 3 is 2.48 bits per heavy atom. The highest BCUT2D eigenvalue weighted by Crippen LogP contribution is 2.46. The van der Waals surface area contributed by atoms with E-state index in [0.29, 0.717) is 5.56 Å². The van der Waals surface area contributed by atoms with Crippen LogP contribution in [0.5, 0.6) is 0 Å². The summed E-state index contributed by atoms with van der Waals surface area (Å²) in [5, 5.41) is 10.5. The van der Waals surface area contributed by atoms with Crippen LogP contribution in [0.4, 0.5) is 22.0 Å². The van der Waals surface area contributed by atoms with Crippen LogP contribution in [0.15, 0.2) is 42.5 Å². The Kier molecular flexibility index (Phi) is 5.99. The van der Waals surface area contributed by atoms with Crippen molar-refractivity contribution in [2.75, 3.05) is 6.54 Å². The van der Waals surface area contributed by atoms with E-state index in [1.807, 2.05) is 0 Å². The topological polar surface area (TPSA) is 49.8 Å². The number of alkyl halides is 4. The Balaban J connectivity index is 1.65. The molecule has 1 amide bonds. The number of aliphatic hydroxyl groups is 1. The summed E-state index contributed by atoms with van der Waals surface area (Å²) in [6, 6.07) is 8.35. The van der Waals surface area contributed by atoms with E-state index in [0.717, 1.165) is 12.1 Å². The minimum absolute atomic E-state index is 0.108. The van der Waals surface area contributed by atoms with Gasteiger partial charge in [0.1, 0.15) is 18.1 Å². The van der Waals surface area contributed by atoms with Gasteiger partial charge in [-0.2, -0.15) is 13.2 Å². The maximum atomic E-state index is 13.5. The van der Waals surface area contributed by atoms with E-state index in [1.165, 1.54) is 30.0 Å². The number of ether oxygens (including phenoxy) is 1. The lowest BCUT2D eigenvalue weighted by Crippen LogP contribution is -2.39. The standard InChI is InChI=1S/C24H24F5NO3/c1-13(16-7-14(11-25)8-17(9-16)24(27,28)29)33-20-12-30-19(10-23(2,32)22(30)31)21(20)15-3-5-18(26)6-4-15/h3-9,13,19-21,32H,10-12H2,1-2H3/t13-,19+,20+,21?,23?/m1/s1. The fourth-order valence-corrected chi connectivity index (χ4v) is 4.94. The molecule has 0 aromatic heterocycles. The number of rotatable bonds is 5. The van der Waals surface area contributed by atoms with Crippen LogP contribution in [0.3, 0.4) is 0 Å². The maximum absolute atomic E-state index is 13.5. The van der Waals surface area contributed by atoms with E-state index in [-0.39, 0.29) is 24.1 Å². The molecule has 4 nitrogen and oxygen atoms in total. The molecule has 33 heavy (non-hydrogen) atoms. The highest BCUT2D eigenvalue weighted by Gasteiger charge is 2.56. The average Bonchev–Trinajstić information content (AvgIpc) is 3.19. The fraction of sp³-hybridized carbons (Fsp3) is 0.458. The molecule has 2 saturated heterocycles. The zero-order chi connectivity index (χ0) is 24.1. The van der Waals surface area contributed by atoms with Crippen LogP contribution in [0, 0.1) is 5.82 Å². The van der Waals surface area contributed by atoms with Crippen molar-refractivity contribution in [1.29, 1.82) is 0 Å². The van der Waals surface area contributed by atoms with E-state index >= 15 is 0 Å². The molecule has 2 heterocycles. The summed E-state index contributed by atoms with van der Waals surface area (Å²) >= 11 is 0. The van der Waals surface area contributed by atoms with Gasteiger partial charge in [-0.05, 0) is 54.8 Å². The van der Waals surface area contributed by atoms with Crippen LogP contribution in [0.25, 0.3) is 0 Å². The number of nitrogens with zero attached hydrogens (tertiary/aromatic N) is 1. The van der Waals surface area contributed by atoms with Crippen LogP contribution >= 0.6 is 0 Å². The van der Waals surface area contributed by atoms with Crippen molar-refractivity contribution in [2.45, 2.75) is 62.9 Å². The lowest BCUT2D eigenvalue weighted by atomic mass is 9.85. The third-order valence-electron chi connectivity index (χ3n) is 6.52. The zero-order valence-corrected chi connectivity index (χ0v) is 18.1. The van der Waals surface area contributed by atoms with Gasteiger partial charge in [0.25, 0.3) is 5.91 Å². The van der Waals surface area contributed by atoms with E-state index < -0.39 is 59.9 Å². The number of hydrogen-bond acceptors (Lipinski definition) is 3. The van der Waals surface area contributed by atoms with Crippen molar-refractivity contribution >= 4 is 5.91 Å².